The molecule has 4 saturated carbocycles. The van der Waals surface area contributed by atoms with Gasteiger partial charge in [0.25, 0.3) is 0 Å². The third-order valence-electron chi connectivity index (χ3n) is 11.8. The van der Waals surface area contributed by atoms with Gasteiger partial charge in [-0.1, -0.05) is 50.4 Å². The quantitative estimate of drug-likeness (QED) is 0.461. The van der Waals surface area contributed by atoms with Crippen LogP contribution in [0.1, 0.15) is 94.7 Å². The fourth-order valence-corrected chi connectivity index (χ4v) is 10.0. The number of carbonyl (C=O) groups excluding carboxylic acids is 2. The van der Waals surface area contributed by atoms with Gasteiger partial charge >= 0.3 is 0 Å². The molecule has 0 bridgehead atoms. The van der Waals surface area contributed by atoms with Gasteiger partial charge in [0.15, 0.2) is 0 Å². The average molecular weight is 523 g/mol. The molecule has 4 aliphatic carbocycles. The first-order valence-corrected chi connectivity index (χ1v) is 15.0. The summed E-state index contributed by atoms with van der Waals surface area (Å²) in [6.07, 6.45) is 14.9. The molecule has 1 aromatic rings. The SMILES string of the molecule is Cc1cc(C)c(C2(NC(=O)C3CC[C@H]4[C@@H]5CCC6NC(=O)C=C[C@]6(C)[C@@H]5CC[C@]34C)CCCC2)cc1Cl. The first-order valence-electron chi connectivity index (χ1n) is 14.7. The van der Waals surface area contributed by atoms with Crippen molar-refractivity contribution in [1.29, 1.82) is 0 Å². The average Bonchev–Trinajstić information content (AvgIpc) is 3.46. The Labute approximate surface area is 227 Å². The van der Waals surface area contributed by atoms with E-state index in [-0.39, 0.29) is 40.1 Å². The molecule has 0 spiro atoms. The van der Waals surface area contributed by atoms with Gasteiger partial charge in [-0.25, -0.2) is 0 Å². The van der Waals surface area contributed by atoms with Crippen LogP contribution in [-0.4, -0.2) is 17.9 Å². The monoisotopic (exact) mass is 522 g/mol. The van der Waals surface area contributed by atoms with E-state index >= 15 is 0 Å². The Bertz CT molecular complexity index is 1150. The van der Waals surface area contributed by atoms with E-state index in [0.29, 0.717) is 17.8 Å². The Balaban J connectivity index is 1.25. The predicted octanol–water partition coefficient (Wildman–Crippen LogP) is 6.76. The van der Waals surface area contributed by atoms with Gasteiger partial charge in [-0.05, 0) is 117 Å². The number of hydrogen-bond acceptors (Lipinski definition) is 2. The van der Waals surface area contributed by atoms with Gasteiger partial charge in [0.1, 0.15) is 0 Å². The predicted molar refractivity (Wildman–Crippen MR) is 148 cm³/mol. The lowest BCUT2D eigenvalue weighted by atomic mass is 9.48. The summed E-state index contributed by atoms with van der Waals surface area (Å²) in [6.45, 7) is 9.01. The van der Waals surface area contributed by atoms with E-state index in [4.69, 9.17) is 11.6 Å². The second-order valence-corrected chi connectivity index (χ2v) is 14.0. The number of halogens is 1. The summed E-state index contributed by atoms with van der Waals surface area (Å²) in [5, 5.41) is 7.73. The molecule has 6 rings (SSSR count). The number of benzene rings is 1. The lowest BCUT2D eigenvalue weighted by Crippen LogP contribution is -2.59. The summed E-state index contributed by atoms with van der Waals surface area (Å²) in [5.74, 6) is 2.21. The van der Waals surface area contributed by atoms with Crippen LogP contribution in [0.3, 0.4) is 0 Å². The van der Waals surface area contributed by atoms with Crippen LogP contribution in [0, 0.1) is 48.3 Å². The molecular weight excluding hydrogens is 480 g/mol. The van der Waals surface area contributed by atoms with Crippen molar-refractivity contribution in [3.8, 4) is 0 Å². The van der Waals surface area contributed by atoms with Gasteiger partial charge in [0.05, 0.1) is 5.54 Å². The fraction of sp³-hybridized carbons (Fsp3) is 0.688. The van der Waals surface area contributed by atoms with E-state index in [2.05, 4.69) is 56.5 Å². The molecule has 2 amide bonds. The third kappa shape index (κ3) is 3.83. The zero-order chi connectivity index (χ0) is 26.2. The topological polar surface area (TPSA) is 58.2 Å². The Morgan fingerprint density at radius 1 is 0.973 bits per heavy atom. The van der Waals surface area contributed by atoms with Crippen molar-refractivity contribution in [2.75, 3.05) is 0 Å². The minimum Gasteiger partial charge on any atom is -0.349 e. The summed E-state index contributed by atoms with van der Waals surface area (Å²) in [5.41, 5.74) is 3.35. The highest BCUT2D eigenvalue weighted by Gasteiger charge is 2.61. The maximum absolute atomic E-state index is 14.2. The summed E-state index contributed by atoms with van der Waals surface area (Å²) in [6, 6.07) is 4.55. The molecule has 1 aliphatic heterocycles. The normalized spacial score (nSPS) is 39.9. The number of fused-ring (bicyclic) bond motifs is 5. The molecule has 2 N–H and O–H groups in total. The first kappa shape index (κ1) is 25.5. The molecule has 1 aromatic carbocycles. The molecule has 4 nitrogen and oxygen atoms in total. The lowest BCUT2D eigenvalue weighted by Gasteiger charge is -2.58. The van der Waals surface area contributed by atoms with E-state index in [9.17, 15) is 9.59 Å². The summed E-state index contributed by atoms with van der Waals surface area (Å²) in [4.78, 5) is 26.2. The molecule has 5 aliphatic rings. The Morgan fingerprint density at radius 3 is 2.49 bits per heavy atom. The van der Waals surface area contributed by atoms with Crippen LogP contribution >= 0.6 is 11.6 Å². The number of aryl methyl sites for hydroxylation is 2. The Hall–Kier alpha value is -1.81. The highest BCUT2D eigenvalue weighted by atomic mass is 35.5. The standard InChI is InChI=1S/C32H43ClN2O2/c1-19-17-20(2)26(33)18-25(19)32(13-5-6-14-32)35-29(37)24-9-8-22-21-7-10-27-31(4,16-12-28(36)34-27)23(21)11-15-30(22,24)3/h12,16-18,21-24,27H,5-11,13-15H2,1-4H3,(H,34,36)(H,35,37)/t21-,22-,23+,24?,27?,30-,31+/m0/s1. The van der Waals surface area contributed by atoms with Crippen LogP contribution in [0.2, 0.25) is 5.02 Å². The molecule has 200 valence electrons. The van der Waals surface area contributed by atoms with Crippen LogP contribution in [-0.2, 0) is 15.1 Å². The van der Waals surface area contributed by atoms with Gasteiger partial charge in [-0.15, -0.1) is 0 Å². The van der Waals surface area contributed by atoms with Gasteiger partial charge in [-0.2, -0.15) is 0 Å². The number of rotatable bonds is 3. The van der Waals surface area contributed by atoms with E-state index < -0.39 is 0 Å². The van der Waals surface area contributed by atoms with E-state index in [1.54, 1.807) is 6.08 Å². The number of carbonyl (C=O) groups is 2. The molecule has 7 atom stereocenters. The summed E-state index contributed by atoms with van der Waals surface area (Å²) >= 11 is 6.60. The second kappa shape index (κ2) is 8.86. The smallest absolute Gasteiger partial charge is 0.243 e. The largest absolute Gasteiger partial charge is 0.349 e. The van der Waals surface area contributed by atoms with Crippen LogP contribution in [0.25, 0.3) is 0 Å². The molecule has 5 heteroatoms. The summed E-state index contributed by atoms with van der Waals surface area (Å²) < 4.78 is 0. The van der Waals surface area contributed by atoms with Gasteiger partial charge in [-0.3, -0.25) is 9.59 Å². The number of amides is 2. The highest BCUT2D eigenvalue weighted by Crippen LogP contribution is 2.65. The fourth-order valence-electron chi connectivity index (χ4n) is 9.87. The van der Waals surface area contributed by atoms with Crippen molar-refractivity contribution >= 4 is 23.4 Å². The number of nitrogens with one attached hydrogen (secondary N) is 2. The van der Waals surface area contributed by atoms with Crippen molar-refractivity contribution in [3.63, 3.8) is 0 Å². The highest BCUT2D eigenvalue weighted by molar-refractivity contribution is 6.31. The second-order valence-electron chi connectivity index (χ2n) is 13.6. The molecular formula is C32H43ClN2O2. The molecule has 2 unspecified atom stereocenters. The van der Waals surface area contributed by atoms with Crippen molar-refractivity contribution in [3.05, 3.63) is 46.0 Å². The van der Waals surface area contributed by atoms with Gasteiger partial charge < -0.3 is 10.6 Å². The minimum atomic E-state index is -0.291. The van der Waals surface area contributed by atoms with Crippen molar-refractivity contribution in [2.45, 2.75) is 103 Å². The van der Waals surface area contributed by atoms with E-state index in [1.807, 2.05) is 0 Å². The van der Waals surface area contributed by atoms with Gasteiger partial charge in [0, 0.05) is 22.4 Å². The molecule has 37 heavy (non-hydrogen) atoms. The molecule has 4 fully saturated rings. The van der Waals surface area contributed by atoms with Crippen LogP contribution in [0.5, 0.6) is 0 Å². The van der Waals surface area contributed by atoms with E-state index in [1.165, 1.54) is 17.5 Å². The third-order valence-corrected chi connectivity index (χ3v) is 12.3. The maximum Gasteiger partial charge on any atom is 0.243 e. The Morgan fingerprint density at radius 2 is 1.73 bits per heavy atom. The van der Waals surface area contributed by atoms with Crippen molar-refractivity contribution < 1.29 is 9.59 Å². The maximum atomic E-state index is 14.2. The van der Waals surface area contributed by atoms with Crippen LogP contribution in [0.15, 0.2) is 24.3 Å². The molecule has 0 aromatic heterocycles. The lowest BCUT2D eigenvalue weighted by molar-refractivity contribution is -0.136. The van der Waals surface area contributed by atoms with Gasteiger partial charge in [0.2, 0.25) is 11.8 Å². The Kier molecular flexibility index (Phi) is 6.10. The number of hydrogen-bond donors (Lipinski definition) is 2. The molecule has 1 heterocycles. The molecule has 0 radical (unpaired) electrons. The van der Waals surface area contributed by atoms with E-state index in [0.717, 1.165) is 68.4 Å². The molecule has 0 saturated heterocycles. The zero-order valence-corrected chi connectivity index (χ0v) is 23.7. The summed E-state index contributed by atoms with van der Waals surface area (Å²) in [7, 11) is 0. The minimum absolute atomic E-state index is 0.0364. The van der Waals surface area contributed by atoms with Crippen molar-refractivity contribution in [2.24, 2.45) is 34.5 Å². The first-order chi connectivity index (χ1) is 17.6. The van der Waals surface area contributed by atoms with Crippen LogP contribution in [0.4, 0.5) is 0 Å². The zero-order valence-electron chi connectivity index (χ0n) is 23.0. The van der Waals surface area contributed by atoms with Crippen LogP contribution < -0.4 is 10.6 Å². The van der Waals surface area contributed by atoms with Crippen molar-refractivity contribution in [1.82, 2.24) is 10.6 Å².